The van der Waals surface area contributed by atoms with Crippen LogP contribution in [0.25, 0.3) is 0 Å². The minimum Gasteiger partial charge on any atom is -0.357 e. The van der Waals surface area contributed by atoms with Crippen LogP contribution >= 0.6 is 35.3 Å². The van der Waals surface area contributed by atoms with Crippen molar-refractivity contribution in [2.24, 2.45) is 4.99 Å². The molecule has 0 saturated carbocycles. The van der Waals surface area contributed by atoms with E-state index in [4.69, 9.17) is 4.99 Å². The Balaban J connectivity index is 0.00000280. The predicted octanol–water partition coefficient (Wildman–Crippen LogP) is 3.61. The third kappa shape index (κ3) is 7.23. The first-order valence-electron chi connectivity index (χ1n) is 9.20. The van der Waals surface area contributed by atoms with Gasteiger partial charge in [0.2, 0.25) is 0 Å². The molecule has 0 saturated heterocycles. The molecule has 0 spiro atoms. The first-order valence-corrected chi connectivity index (χ1v) is 10.0. The third-order valence-corrected chi connectivity index (χ3v) is 4.95. The van der Waals surface area contributed by atoms with Crippen LogP contribution < -0.4 is 10.6 Å². The molecule has 1 aromatic carbocycles. The number of thiazole rings is 1. The van der Waals surface area contributed by atoms with Crippen LogP contribution in [0.2, 0.25) is 0 Å². The van der Waals surface area contributed by atoms with Crippen LogP contribution in [0.5, 0.6) is 0 Å². The topological polar surface area (TPSA) is 67.1 Å². The predicted molar refractivity (Wildman–Crippen MR) is 127 cm³/mol. The van der Waals surface area contributed by atoms with E-state index >= 15 is 0 Å². The van der Waals surface area contributed by atoms with E-state index in [-0.39, 0.29) is 24.0 Å². The van der Waals surface area contributed by atoms with Gasteiger partial charge in [-0.05, 0) is 25.0 Å². The number of aryl methyl sites for hydroxylation is 1. The summed E-state index contributed by atoms with van der Waals surface area (Å²) in [6, 6.07) is 8.53. The maximum absolute atomic E-state index is 4.72. The molecule has 2 heterocycles. The van der Waals surface area contributed by atoms with Crippen molar-refractivity contribution in [3.05, 3.63) is 70.2 Å². The average molecular weight is 510 g/mol. The molecule has 0 aliphatic rings. The molecule has 0 aliphatic carbocycles. The Hall–Kier alpha value is -1.94. The number of imidazole rings is 1. The summed E-state index contributed by atoms with van der Waals surface area (Å²) >= 11 is 1.75. The summed E-state index contributed by atoms with van der Waals surface area (Å²) in [7, 11) is 0. The fraction of sp³-hybridized carbons (Fsp3) is 0.350. The van der Waals surface area contributed by atoms with E-state index in [1.165, 1.54) is 16.0 Å². The zero-order valence-electron chi connectivity index (χ0n) is 16.3. The highest BCUT2D eigenvalue weighted by atomic mass is 127. The van der Waals surface area contributed by atoms with Gasteiger partial charge in [0.25, 0.3) is 0 Å². The van der Waals surface area contributed by atoms with Crippen molar-refractivity contribution in [3.63, 3.8) is 0 Å². The van der Waals surface area contributed by atoms with E-state index in [0.717, 1.165) is 37.0 Å². The molecule has 0 fully saturated rings. The second kappa shape index (κ2) is 11.8. The second-order valence-corrected chi connectivity index (χ2v) is 7.61. The zero-order valence-corrected chi connectivity index (χ0v) is 19.4. The lowest BCUT2D eigenvalue weighted by Gasteiger charge is -2.11. The van der Waals surface area contributed by atoms with Crippen molar-refractivity contribution in [3.8, 4) is 0 Å². The lowest BCUT2D eigenvalue weighted by molar-refractivity contribution is 0.790. The van der Waals surface area contributed by atoms with Crippen LogP contribution in [0.4, 0.5) is 0 Å². The smallest absolute Gasteiger partial charge is 0.191 e. The second-order valence-electron chi connectivity index (χ2n) is 6.29. The molecular weight excluding hydrogens is 483 g/mol. The maximum Gasteiger partial charge on any atom is 0.191 e. The van der Waals surface area contributed by atoms with Crippen molar-refractivity contribution in [2.75, 3.05) is 13.1 Å². The standard InChI is InChI=1S/C20H26N6S.HI/c1-3-22-20(23-8-7-19-24-12-16(2)27-19)25-13-17-5-4-6-18(11-17)14-26-10-9-21-15-26;/h4-6,9-12,15H,3,7-8,13-14H2,1-2H3,(H2,22,23,25);1H. The minimum absolute atomic E-state index is 0. The van der Waals surface area contributed by atoms with E-state index in [1.54, 1.807) is 17.5 Å². The molecule has 0 radical (unpaired) electrons. The number of aromatic nitrogens is 3. The highest BCUT2D eigenvalue weighted by Gasteiger charge is 2.02. The summed E-state index contributed by atoms with van der Waals surface area (Å²) in [6.07, 6.45) is 8.44. The number of hydrogen-bond donors (Lipinski definition) is 2. The van der Waals surface area contributed by atoms with Crippen molar-refractivity contribution >= 4 is 41.3 Å². The van der Waals surface area contributed by atoms with Crippen molar-refractivity contribution in [1.29, 1.82) is 0 Å². The number of nitrogens with one attached hydrogen (secondary N) is 2. The molecule has 3 aromatic rings. The SMILES string of the molecule is CCNC(=NCc1cccc(Cn2ccnc2)c1)NCCc1ncc(C)s1.I. The molecule has 2 N–H and O–H groups in total. The lowest BCUT2D eigenvalue weighted by Crippen LogP contribution is -2.38. The lowest BCUT2D eigenvalue weighted by atomic mass is 10.1. The van der Waals surface area contributed by atoms with Gasteiger partial charge in [-0.1, -0.05) is 24.3 Å². The summed E-state index contributed by atoms with van der Waals surface area (Å²) < 4.78 is 2.06. The number of guanidine groups is 1. The van der Waals surface area contributed by atoms with Gasteiger partial charge >= 0.3 is 0 Å². The molecule has 8 heteroatoms. The van der Waals surface area contributed by atoms with E-state index in [1.807, 2.05) is 18.7 Å². The van der Waals surface area contributed by atoms with Crippen molar-refractivity contribution in [2.45, 2.75) is 33.4 Å². The van der Waals surface area contributed by atoms with Gasteiger partial charge in [0, 0.05) is 49.5 Å². The van der Waals surface area contributed by atoms with Crippen LogP contribution in [-0.2, 0) is 19.5 Å². The fourth-order valence-electron chi connectivity index (χ4n) is 2.73. The first-order chi connectivity index (χ1) is 13.2. The number of halogens is 1. The Morgan fingerprint density at radius 2 is 2.11 bits per heavy atom. The van der Waals surface area contributed by atoms with Gasteiger partial charge in [-0.3, -0.25) is 0 Å². The molecule has 6 nitrogen and oxygen atoms in total. The van der Waals surface area contributed by atoms with Gasteiger partial charge in [-0.25, -0.2) is 15.0 Å². The minimum atomic E-state index is 0. The summed E-state index contributed by atoms with van der Waals surface area (Å²) in [5, 5.41) is 7.85. The van der Waals surface area contributed by atoms with Crippen LogP contribution in [0, 0.1) is 6.92 Å². The van der Waals surface area contributed by atoms with E-state index < -0.39 is 0 Å². The Kier molecular flexibility index (Phi) is 9.42. The van der Waals surface area contributed by atoms with E-state index in [9.17, 15) is 0 Å². The Bertz CT molecular complexity index is 859. The van der Waals surface area contributed by atoms with Crippen LogP contribution in [-0.4, -0.2) is 33.6 Å². The van der Waals surface area contributed by atoms with E-state index in [0.29, 0.717) is 6.54 Å². The highest BCUT2D eigenvalue weighted by molar-refractivity contribution is 14.0. The summed E-state index contributed by atoms with van der Waals surface area (Å²) in [5.74, 6) is 0.839. The normalized spacial score (nSPS) is 11.1. The number of aliphatic imine (C=N–C) groups is 1. The molecule has 150 valence electrons. The molecule has 0 amide bonds. The average Bonchev–Trinajstić information content (AvgIpc) is 3.32. The number of benzene rings is 1. The fourth-order valence-corrected chi connectivity index (χ4v) is 3.52. The van der Waals surface area contributed by atoms with Gasteiger partial charge in [-0.2, -0.15) is 0 Å². The van der Waals surface area contributed by atoms with Gasteiger partial charge in [0.05, 0.1) is 17.9 Å². The third-order valence-electron chi connectivity index (χ3n) is 3.98. The number of hydrogen-bond acceptors (Lipinski definition) is 4. The van der Waals surface area contributed by atoms with Crippen LogP contribution in [0.3, 0.4) is 0 Å². The molecule has 0 atom stereocenters. The quantitative estimate of drug-likeness (QED) is 0.276. The van der Waals surface area contributed by atoms with Crippen molar-refractivity contribution in [1.82, 2.24) is 25.2 Å². The molecule has 2 aromatic heterocycles. The van der Waals surface area contributed by atoms with Crippen LogP contribution in [0.15, 0.2) is 54.2 Å². The molecule has 0 bridgehead atoms. The Labute approximate surface area is 187 Å². The first kappa shape index (κ1) is 22.4. The molecular formula is C20H27IN6S. The zero-order chi connectivity index (χ0) is 18.9. The summed E-state index contributed by atoms with van der Waals surface area (Å²) in [4.78, 5) is 14.5. The van der Waals surface area contributed by atoms with Gasteiger partial charge in [-0.15, -0.1) is 35.3 Å². The van der Waals surface area contributed by atoms with Crippen molar-refractivity contribution < 1.29 is 0 Å². The molecule has 0 unspecified atom stereocenters. The van der Waals surface area contributed by atoms with Gasteiger partial charge in [0.15, 0.2) is 5.96 Å². The number of nitrogens with zero attached hydrogens (tertiary/aromatic N) is 4. The van der Waals surface area contributed by atoms with Crippen LogP contribution in [0.1, 0.15) is 27.9 Å². The molecule has 3 rings (SSSR count). The number of rotatable bonds is 8. The van der Waals surface area contributed by atoms with E-state index in [2.05, 4.69) is 63.3 Å². The monoisotopic (exact) mass is 510 g/mol. The summed E-state index contributed by atoms with van der Waals surface area (Å²) in [5.41, 5.74) is 2.44. The summed E-state index contributed by atoms with van der Waals surface area (Å²) in [6.45, 7) is 7.28. The maximum atomic E-state index is 4.72. The largest absolute Gasteiger partial charge is 0.357 e. The highest BCUT2D eigenvalue weighted by Crippen LogP contribution is 2.11. The molecule has 0 aliphatic heterocycles. The Morgan fingerprint density at radius 1 is 1.25 bits per heavy atom. The Morgan fingerprint density at radius 3 is 2.82 bits per heavy atom. The molecule has 28 heavy (non-hydrogen) atoms. The van der Waals surface area contributed by atoms with Gasteiger partial charge < -0.3 is 15.2 Å². The van der Waals surface area contributed by atoms with Gasteiger partial charge in [0.1, 0.15) is 0 Å².